The number of nitrogens with zero attached hydrogens (tertiary/aromatic N) is 2. The van der Waals surface area contributed by atoms with E-state index in [0.29, 0.717) is 5.92 Å². The van der Waals surface area contributed by atoms with Gasteiger partial charge in [-0.1, -0.05) is 19.8 Å². The second-order valence-corrected chi connectivity index (χ2v) is 6.24. The standard InChI is InChI=1S/C14H29N3O/c1-12-7-5-8-14(15,11-12)13(18)17(4)10-6-9-16(2)3/h12H,5-11,15H2,1-4H3. The van der Waals surface area contributed by atoms with Crippen molar-refractivity contribution < 1.29 is 4.79 Å². The Hall–Kier alpha value is -0.610. The minimum Gasteiger partial charge on any atom is -0.344 e. The molecule has 0 aromatic rings. The Morgan fingerprint density at radius 1 is 1.33 bits per heavy atom. The van der Waals surface area contributed by atoms with Gasteiger partial charge in [-0.15, -0.1) is 0 Å². The van der Waals surface area contributed by atoms with Crippen LogP contribution < -0.4 is 5.73 Å². The maximum absolute atomic E-state index is 12.4. The molecule has 0 saturated heterocycles. The van der Waals surface area contributed by atoms with E-state index in [1.54, 1.807) is 0 Å². The van der Waals surface area contributed by atoms with E-state index in [4.69, 9.17) is 5.73 Å². The summed E-state index contributed by atoms with van der Waals surface area (Å²) in [5.41, 5.74) is 5.72. The summed E-state index contributed by atoms with van der Waals surface area (Å²) >= 11 is 0. The van der Waals surface area contributed by atoms with Gasteiger partial charge in [-0.25, -0.2) is 0 Å². The molecule has 0 bridgehead atoms. The molecule has 0 radical (unpaired) electrons. The number of likely N-dealkylation sites (N-methyl/N-ethyl adjacent to an activating group) is 1. The number of carbonyl (C=O) groups excluding carboxylic acids is 1. The topological polar surface area (TPSA) is 49.6 Å². The first-order valence-corrected chi connectivity index (χ1v) is 7.04. The zero-order valence-corrected chi connectivity index (χ0v) is 12.4. The van der Waals surface area contributed by atoms with Gasteiger partial charge in [0.05, 0.1) is 5.54 Å². The van der Waals surface area contributed by atoms with Crippen LogP contribution in [-0.2, 0) is 4.79 Å². The first kappa shape index (κ1) is 15.4. The van der Waals surface area contributed by atoms with Gasteiger partial charge in [0.25, 0.3) is 0 Å². The average Bonchev–Trinajstić information content (AvgIpc) is 2.27. The van der Waals surface area contributed by atoms with E-state index in [2.05, 4.69) is 25.9 Å². The first-order valence-electron chi connectivity index (χ1n) is 7.04. The maximum atomic E-state index is 12.4. The molecule has 0 spiro atoms. The van der Waals surface area contributed by atoms with Gasteiger partial charge in [0.15, 0.2) is 0 Å². The number of carbonyl (C=O) groups is 1. The summed E-state index contributed by atoms with van der Waals surface area (Å²) in [6.45, 7) is 4.00. The summed E-state index contributed by atoms with van der Waals surface area (Å²) in [7, 11) is 5.98. The fourth-order valence-electron chi connectivity index (χ4n) is 2.89. The molecular weight excluding hydrogens is 226 g/mol. The van der Waals surface area contributed by atoms with Crippen LogP contribution in [-0.4, -0.2) is 55.5 Å². The van der Waals surface area contributed by atoms with Crippen LogP contribution in [0.1, 0.15) is 39.0 Å². The molecule has 106 valence electrons. The van der Waals surface area contributed by atoms with Crippen molar-refractivity contribution >= 4 is 5.91 Å². The highest BCUT2D eigenvalue weighted by molar-refractivity contribution is 5.86. The molecule has 0 aromatic carbocycles. The Labute approximate surface area is 111 Å². The number of hydrogen-bond acceptors (Lipinski definition) is 3. The second kappa shape index (κ2) is 6.53. The monoisotopic (exact) mass is 255 g/mol. The van der Waals surface area contributed by atoms with E-state index >= 15 is 0 Å². The highest BCUT2D eigenvalue weighted by Crippen LogP contribution is 2.31. The second-order valence-electron chi connectivity index (χ2n) is 6.24. The van der Waals surface area contributed by atoms with Crippen molar-refractivity contribution in [2.75, 3.05) is 34.2 Å². The van der Waals surface area contributed by atoms with Crippen LogP contribution in [0.4, 0.5) is 0 Å². The minimum absolute atomic E-state index is 0.132. The Morgan fingerprint density at radius 3 is 2.56 bits per heavy atom. The van der Waals surface area contributed by atoms with Crippen LogP contribution in [0.15, 0.2) is 0 Å². The zero-order valence-electron chi connectivity index (χ0n) is 12.4. The Kier molecular flexibility index (Phi) is 5.60. The highest BCUT2D eigenvalue weighted by Gasteiger charge is 2.39. The molecule has 1 aliphatic carbocycles. The van der Waals surface area contributed by atoms with Crippen LogP contribution >= 0.6 is 0 Å². The van der Waals surface area contributed by atoms with Crippen molar-refractivity contribution in [2.45, 2.75) is 44.6 Å². The van der Waals surface area contributed by atoms with Crippen LogP contribution in [0.5, 0.6) is 0 Å². The lowest BCUT2D eigenvalue weighted by molar-refractivity contribution is -0.137. The van der Waals surface area contributed by atoms with Crippen LogP contribution in [0, 0.1) is 5.92 Å². The van der Waals surface area contributed by atoms with Crippen LogP contribution in [0.25, 0.3) is 0 Å². The van der Waals surface area contributed by atoms with E-state index in [1.807, 2.05) is 11.9 Å². The molecule has 1 rings (SSSR count). The molecule has 0 aromatic heterocycles. The molecule has 4 heteroatoms. The third-order valence-corrected chi connectivity index (χ3v) is 3.90. The lowest BCUT2D eigenvalue weighted by Crippen LogP contribution is -2.56. The van der Waals surface area contributed by atoms with E-state index in [-0.39, 0.29) is 5.91 Å². The van der Waals surface area contributed by atoms with Gasteiger partial charge >= 0.3 is 0 Å². The quantitative estimate of drug-likeness (QED) is 0.805. The van der Waals surface area contributed by atoms with E-state index in [0.717, 1.165) is 38.8 Å². The largest absolute Gasteiger partial charge is 0.344 e. The smallest absolute Gasteiger partial charge is 0.242 e. The summed E-state index contributed by atoms with van der Waals surface area (Å²) in [6.07, 6.45) is 4.96. The number of hydrogen-bond donors (Lipinski definition) is 1. The van der Waals surface area contributed by atoms with E-state index < -0.39 is 5.54 Å². The van der Waals surface area contributed by atoms with Gasteiger partial charge in [0.2, 0.25) is 5.91 Å². The van der Waals surface area contributed by atoms with Gasteiger partial charge in [0, 0.05) is 13.6 Å². The van der Waals surface area contributed by atoms with Crippen molar-refractivity contribution in [2.24, 2.45) is 11.7 Å². The van der Waals surface area contributed by atoms with Crippen molar-refractivity contribution in [1.29, 1.82) is 0 Å². The predicted molar refractivity (Wildman–Crippen MR) is 75.4 cm³/mol. The summed E-state index contributed by atoms with van der Waals surface area (Å²) in [5, 5.41) is 0. The molecule has 1 fully saturated rings. The fourth-order valence-corrected chi connectivity index (χ4v) is 2.89. The molecule has 18 heavy (non-hydrogen) atoms. The fraction of sp³-hybridized carbons (Fsp3) is 0.929. The van der Waals surface area contributed by atoms with Gasteiger partial charge in [-0.2, -0.15) is 0 Å². The van der Waals surface area contributed by atoms with Crippen molar-refractivity contribution in [3.8, 4) is 0 Å². The summed E-state index contributed by atoms with van der Waals surface area (Å²) in [4.78, 5) is 16.4. The molecule has 2 unspecified atom stereocenters. The number of amides is 1. The molecule has 0 heterocycles. The third kappa shape index (κ3) is 4.25. The predicted octanol–water partition coefficient (Wildman–Crippen LogP) is 1.30. The van der Waals surface area contributed by atoms with Crippen LogP contribution in [0.3, 0.4) is 0 Å². The van der Waals surface area contributed by atoms with E-state index in [9.17, 15) is 4.79 Å². The van der Waals surface area contributed by atoms with Gasteiger partial charge in [0.1, 0.15) is 0 Å². The molecule has 2 atom stereocenters. The number of rotatable bonds is 5. The minimum atomic E-state index is -0.607. The Morgan fingerprint density at radius 2 is 2.00 bits per heavy atom. The molecule has 2 N–H and O–H groups in total. The van der Waals surface area contributed by atoms with Crippen LogP contribution in [0.2, 0.25) is 0 Å². The third-order valence-electron chi connectivity index (χ3n) is 3.90. The van der Waals surface area contributed by atoms with Gasteiger partial charge in [-0.05, 0) is 45.8 Å². The molecule has 1 aliphatic rings. The lowest BCUT2D eigenvalue weighted by atomic mass is 9.76. The Balaban J connectivity index is 2.46. The molecule has 4 nitrogen and oxygen atoms in total. The van der Waals surface area contributed by atoms with Crippen molar-refractivity contribution in [3.05, 3.63) is 0 Å². The average molecular weight is 255 g/mol. The van der Waals surface area contributed by atoms with E-state index in [1.165, 1.54) is 6.42 Å². The van der Waals surface area contributed by atoms with Gasteiger partial charge < -0.3 is 15.5 Å². The molecule has 1 saturated carbocycles. The normalized spacial score (nSPS) is 28.4. The molecule has 0 aliphatic heterocycles. The number of nitrogens with two attached hydrogens (primary N) is 1. The van der Waals surface area contributed by atoms with Crippen molar-refractivity contribution in [1.82, 2.24) is 9.80 Å². The van der Waals surface area contributed by atoms with Gasteiger partial charge in [-0.3, -0.25) is 4.79 Å². The SMILES string of the molecule is CC1CCCC(N)(C(=O)N(C)CCCN(C)C)C1. The summed E-state index contributed by atoms with van der Waals surface area (Å²) in [5.74, 6) is 0.704. The highest BCUT2D eigenvalue weighted by atomic mass is 16.2. The lowest BCUT2D eigenvalue weighted by Gasteiger charge is -2.38. The Bertz CT molecular complexity index is 280. The summed E-state index contributed by atoms with van der Waals surface area (Å²) < 4.78 is 0. The molecular formula is C14H29N3O. The van der Waals surface area contributed by atoms with Crippen molar-refractivity contribution in [3.63, 3.8) is 0 Å². The maximum Gasteiger partial charge on any atom is 0.242 e. The zero-order chi connectivity index (χ0) is 13.8. The summed E-state index contributed by atoms with van der Waals surface area (Å²) in [6, 6.07) is 0. The molecule has 1 amide bonds. The first-order chi connectivity index (χ1) is 8.35.